The van der Waals surface area contributed by atoms with E-state index in [2.05, 4.69) is 25.7 Å². The fourth-order valence-corrected chi connectivity index (χ4v) is 2.63. The number of rotatable bonds is 6. The second kappa shape index (κ2) is 7.57. The van der Waals surface area contributed by atoms with Crippen molar-refractivity contribution in [1.82, 2.24) is 4.90 Å². The summed E-state index contributed by atoms with van der Waals surface area (Å²) in [6.07, 6.45) is 4.00. The molecule has 0 spiro atoms. The minimum Gasteiger partial charge on any atom is -0.383 e. The van der Waals surface area contributed by atoms with Crippen molar-refractivity contribution in [2.75, 3.05) is 26.8 Å². The fraction of sp³-hybridized carbons (Fsp3) is 1.00. The van der Waals surface area contributed by atoms with Crippen molar-refractivity contribution in [2.45, 2.75) is 51.6 Å². The van der Waals surface area contributed by atoms with Crippen LogP contribution in [-0.2, 0) is 4.74 Å². The van der Waals surface area contributed by atoms with Gasteiger partial charge in [0.2, 0.25) is 0 Å². The molecule has 2 atom stereocenters. The first-order chi connectivity index (χ1) is 7.42. The Morgan fingerprint density at radius 3 is 2.41 bits per heavy atom. The third-order valence-electron chi connectivity index (χ3n) is 3.38. The molecule has 104 valence electrons. The predicted molar refractivity (Wildman–Crippen MR) is 75.8 cm³/mol. The quantitative estimate of drug-likeness (QED) is 0.800. The molecule has 0 radical (unpaired) electrons. The van der Waals surface area contributed by atoms with Gasteiger partial charge in [-0.3, -0.25) is 4.90 Å². The molecule has 0 bridgehead atoms. The molecule has 1 aliphatic rings. The maximum atomic E-state index is 6.13. The Hall–Kier alpha value is 0.170. The van der Waals surface area contributed by atoms with Crippen LogP contribution in [0.5, 0.6) is 0 Å². The lowest BCUT2D eigenvalue weighted by atomic mass is 10.0. The van der Waals surface area contributed by atoms with Crippen LogP contribution in [0.2, 0.25) is 0 Å². The van der Waals surface area contributed by atoms with E-state index < -0.39 is 0 Å². The van der Waals surface area contributed by atoms with E-state index in [1.54, 1.807) is 7.11 Å². The molecule has 0 aromatic rings. The molecule has 1 aliphatic carbocycles. The van der Waals surface area contributed by atoms with Crippen molar-refractivity contribution >= 4 is 12.4 Å². The zero-order chi connectivity index (χ0) is 12.2. The number of hydrogen-bond donors (Lipinski definition) is 1. The summed E-state index contributed by atoms with van der Waals surface area (Å²) in [5, 5.41) is 0. The molecular formula is C13H29ClN2O. The highest BCUT2D eigenvalue weighted by Crippen LogP contribution is 2.29. The Bertz CT molecular complexity index is 206. The van der Waals surface area contributed by atoms with Gasteiger partial charge < -0.3 is 10.5 Å². The summed E-state index contributed by atoms with van der Waals surface area (Å²) >= 11 is 0. The van der Waals surface area contributed by atoms with Crippen molar-refractivity contribution < 1.29 is 4.74 Å². The summed E-state index contributed by atoms with van der Waals surface area (Å²) < 4.78 is 5.19. The smallest absolute Gasteiger partial charge is 0.0589 e. The Morgan fingerprint density at radius 2 is 2.00 bits per heavy atom. The summed E-state index contributed by atoms with van der Waals surface area (Å²) in [4.78, 5) is 2.52. The van der Waals surface area contributed by atoms with E-state index in [4.69, 9.17) is 10.5 Å². The molecule has 17 heavy (non-hydrogen) atoms. The van der Waals surface area contributed by atoms with Crippen LogP contribution in [0.4, 0.5) is 0 Å². The van der Waals surface area contributed by atoms with Crippen LogP contribution in [0.1, 0.15) is 40.0 Å². The van der Waals surface area contributed by atoms with E-state index in [9.17, 15) is 0 Å². The standard InChI is InChI=1S/C13H28N2O.ClH/c1-11-5-6-12(9-11)15(7-8-16-4)10-13(2,3)14;/h11-12H,5-10,14H2,1-4H3;1H. The Morgan fingerprint density at radius 1 is 1.35 bits per heavy atom. The summed E-state index contributed by atoms with van der Waals surface area (Å²) in [5.74, 6) is 0.871. The van der Waals surface area contributed by atoms with Gasteiger partial charge in [-0.2, -0.15) is 0 Å². The summed E-state index contributed by atoms with van der Waals surface area (Å²) in [5.41, 5.74) is 6.02. The normalized spacial score (nSPS) is 25.1. The van der Waals surface area contributed by atoms with Crippen molar-refractivity contribution in [3.05, 3.63) is 0 Å². The second-order valence-electron chi connectivity index (χ2n) is 6.02. The van der Waals surface area contributed by atoms with E-state index in [0.29, 0.717) is 6.04 Å². The first-order valence-corrected chi connectivity index (χ1v) is 6.44. The van der Waals surface area contributed by atoms with E-state index >= 15 is 0 Å². The number of ether oxygens (including phenoxy) is 1. The van der Waals surface area contributed by atoms with Crippen LogP contribution in [0.3, 0.4) is 0 Å². The molecule has 4 heteroatoms. The number of hydrogen-bond acceptors (Lipinski definition) is 3. The zero-order valence-corrected chi connectivity index (χ0v) is 12.6. The molecule has 1 fully saturated rings. The van der Waals surface area contributed by atoms with Gasteiger partial charge in [-0.05, 0) is 39.0 Å². The van der Waals surface area contributed by atoms with Gasteiger partial charge in [0, 0.05) is 31.8 Å². The lowest BCUT2D eigenvalue weighted by molar-refractivity contribution is 0.104. The van der Waals surface area contributed by atoms with E-state index in [-0.39, 0.29) is 17.9 Å². The lowest BCUT2D eigenvalue weighted by Crippen LogP contribution is -2.49. The lowest BCUT2D eigenvalue weighted by Gasteiger charge is -2.34. The number of halogens is 1. The first kappa shape index (κ1) is 17.2. The highest BCUT2D eigenvalue weighted by Gasteiger charge is 2.29. The number of methoxy groups -OCH3 is 1. The van der Waals surface area contributed by atoms with Crippen molar-refractivity contribution in [2.24, 2.45) is 11.7 Å². The van der Waals surface area contributed by atoms with Crippen molar-refractivity contribution in [3.63, 3.8) is 0 Å². The third kappa shape index (κ3) is 6.61. The molecule has 0 saturated heterocycles. The van der Waals surface area contributed by atoms with Crippen molar-refractivity contribution in [3.8, 4) is 0 Å². The maximum Gasteiger partial charge on any atom is 0.0589 e. The minimum absolute atomic E-state index is 0. The van der Waals surface area contributed by atoms with Crippen LogP contribution >= 0.6 is 12.4 Å². The highest BCUT2D eigenvalue weighted by atomic mass is 35.5. The molecule has 2 unspecified atom stereocenters. The van der Waals surface area contributed by atoms with Crippen LogP contribution in [0.25, 0.3) is 0 Å². The molecule has 0 amide bonds. The SMILES string of the molecule is COCCN(CC(C)(C)N)C1CCC(C)C1.Cl. The van der Waals surface area contributed by atoms with Gasteiger partial charge >= 0.3 is 0 Å². The van der Waals surface area contributed by atoms with E-state index in [1.807, 2.05) is 0 Å². The molecule has 0 aromatic heterocycles. The van der Waals surface area contributed by atoms with E-state index in [0.717, 1.165) is 25.6 Å². The van der Waals surface area contributed by atoms with Gasteiger partial charge in [-0.15, -0.1) is 12.4 Å². The predicted octanol–water partition coefficient (Wildman–Crippen LogP) is 2.28. The Balaban J connectivity index is 0.00000256. The summed E-state index contributed by atoms with van der Waals surface area (Å²) in [6.45, 7) is 9.33. The van der Waals surface area contributed by atoms with Crippen LogP contribution in [0.15, 0.2) is 0 Å². The average molecular weight is 265 g/mol. The Kier molecular flexibility index (Phi) is 7.65. The Labute approximate surface area is 112 Å². The van der Waals surface area contributed by atoms with Gasteiger partial charge in [0.1, 0.15) is 0 Å². The maximum absolute atomic E-state index is 6.13. The largest absolute Gasteiger partial charge is 0.383 e. The minimum atomic E-state index is -0.112. The molecule has 0 aromatic carbocycles. The third-order valence-corrected chi connectivity index (χ3v) is 3.38. The number of nitrogens with zero attached hydrogens (tertiary/aromatic N) is 1. The van der Waals surface area contributed by atoms with Gasteiger partial charge in [-0.25, -0.2) is 0 Å². The molecule has 1 saturated carbocycles. The van der Waals surface area contributed by atoms with Crippen LogP contribution in [0, 0.1) is 5.92 Å². The molecule has 2 N–H and O–H groups in total. The van der Waals surface area contributed by atoms with Crippen LogP contribution in [-0.4, -0.2) is 43.3 Å². The average Bonchev–Trinajstić information content (AvgIpc) is 2.57. The topological polar surface area (TPSA) is 38.5 Å². The van der Waals surface area contributed by atoms with Crippen LogP contribution < -0.4 is 5.73 Å². The zero-order valence-electron chi connectivity index (χ0n) is 11.7. The second-order valence-corrected chi connectivity index (χ2v) is 6.02. The molecule has 0 aliphatic heterocycles. The van der Waals surface area contributed by atoms with Crippen molar-refractivity contribution in [1.29, 1.82) is 0 Å². The molecule has 0 heterocycles. The monoisotopic (exact) mass is 264 g/mol. The van der Waals surface area contributed by atoms with E-state index in [1.165, 1.54) is 19.3 Å². The fourth-order valence-electron chi connectivity index (χ4n) is 2.63. The van der Waals surface area contributed by atoms with Gasteiger partial charge in [0.05, 0.1) is 6.61 Å². The highest BCUT2D eigenvalue weighted by molar-refractivity contribution is 5.85. The summed E-state index contributed by atoms with van der Waals surface area (Å²) in [7, 11) is 1.77. The summed E-state index contributed by atoms with van der Waals surface area (Å²) in [6, 6.07) is 0.716. The van der Waals surface area contributed by atoms with Gasteiger partial charge in [0.15, 0.2) is 0 Å². The number of nitrogens with two attached hydrogens (primary N) is 1. The van der Waals surface area contributed by atoms with Gasteiger partial charge in [-0.1, -0.05) is 6.92 Å². The van der Waals surface area contributed by atoms with Gasteiger partial charge in [0.25, 0.3) is 0 Å². The first-order valence-electron chi connectivity index (χ1n) is 6.44. The molecule has 1 rings (SSSR count). The molecule has 3 nitrogen and oxygen atoms in total. The molecular weight excluding hydrogens is 236 g/mol.